The van der Waals surface area contributed by atoms with E-state index in [0.717, 1.165) is 11.3 Å². The van der Waals surface area contributed by atoms with Gasteiger partial charge in [-0.15, -0.1) is 0 Å². The SMILES string of the molecule is CCN(CC)C(=O)c1cc(NCc2ccc(OC)c(OC)c2)ccn1. The predicted molar refractivity (Wildman–Crippen MR) is 98.4 cm³/mol. The van der Waals surface area contributed by atoms with Crippen molar-refractivity contribution >= 4 is 11.6 Å². The molecular formula is C19H25N3O3. The molecule has 25 heavy (non-hydrogen) atoms. The van der Waals surface area contributed by atoms with Gasteiger partial charge in [-0.2, -0.15) is 0 Å². The third-order valence-electron chi connectivity index (χ3n) is 3.97. The predicted octanol–water partition coefficient (Wildman–Crippen LogP) is 3.19. The summed E-state index contributed by atoms with van der Waals surface area (Å²) < 4.78 is 10.6. The van der Waals surface area contributed by atoms with Gasteiger partial charge in [0.25, 0.3) is 5.91 Å². The fourth-order valence-corrected chi connectivity index (χ4v) is 2.52. The number of amides is 1. The number of pyridine rings is 1. The van der Waals surface area contributed by atoms with E-state index in [0.29, 0.717) is 36.8 Å². The Morgan fingerprint density at radius 2 is 1.80 bits per heavy atom. The third-order valence-corrected chi connectivity index (χ3v) is 3.97. The van der Waals surface area contributed by atoms with Crippen LogP contribution in [-0.4, -0.2) is 43.1 Å². The molecule has 0 atom stereocenters. The molecule has 0 saturated heterocycles. The van der Waals surface area contributed by atoms with Gasteiger partial charge in [0.2, 0.25) is 0 Å². The number of rotatable bonds is 8. The Balaban J connectivity index is 2.09. The fraction of sp³-hybridized carbons (Fsp3) is 0.368. The van der Waals surface area contributed by atoms with Crippen LogP contribution in [0.2, 0.25) is 0 Å². The van der Waals surface area contributed by atoms with Crippen molar-refractivity contribution < 1.29 is 14.3 Å². The molecule has 0 unspecified atom stereocenters. The molecule has 0 saturated carbocycles. The van der Waals surface area contributed by atoms with E-state index in [9.17, 15) is 4.79 Å². The second-order valence-corrected chi connectivity index (χ2v) is 5.45. The van der Waals surface area contributed by atoms with Crippen molar-refractivity contribution in [3.8, 4) is 11.5 Å². The number of hydrogen-bond acceptors (Lipinski definition) is 5. The van der Waals surface area contributed by atoms with Gasteiger partial charge in [0.1, 0.15) is 5.69 Å². The van der Waals surface area contributed by atoms with Crippen molar-refractivity contribution in [2.75, 3.05) is 32.6 Å². The van der Waals surface area contributed by atoms with E-state index < -0.39 is 0 Å². The lowest BCUT2D eigenvalue weighted by atomic mass is 10.2. The largest absolute Gasteiger partial charge is 0.493 e. The number of methoxy groups -OCH3 is 2. The number of nitrogens with zero attached hydrogens (tertiary/aromatic N) is 2. The Morgan fingerprint density at radius 3 is 2.44 bits per heavy atom. The second-order valence-electron chi connectivity index (χ2n) is 5.45. The molecule has 1 amide bonds. The minimum absolute atomic E-state index is 0.0558. The van der Waals surface area contributed by atoms with E-state index >= 15 is 0 Å². The first kappa shape index (κ1) is 18.6. The zero-order valence-electron chi connectivity index (χ0n) is 15.2. The van der Waals surface area contributed by atoms with E-state index in [-0.39, 0.29) is 5.91 Å². The number of nitrogens with one attached hydrogen (secondary N) is 1. The van der Waals surface area contributed by atoms with Crippen LogP contribution in [0.3, 0.4) is 0 Å². The number of hydrogen-bond donors (Lipinski definition) is 1. The van der Waals surface area contributed by atoms with Crippen LogP contribution in [0.25, 0.3) is 0 Å². The highest BCUT2D eigenvalue weighted by Crippen LogP contribution is 2.27. The summed E-state index contributed by atoms with van der Waals surface area (Å²) in [7, 11) is 3.23. The number of anilines is 1. The molecule has 2 rings (SSSR count). The Hall–Kier alpha value is -2.76. The normalized spacial score (nSPS) is 10.2. The summed E-state index contributed by atoms with van der Waals surface area (Å²) in [6, 6.07) is 9.39. The van der Waals surface area contributed by atoms with Gasteiger partial charge < -0.3 is 19.7 Å². The van der Waals surface area contributed by atoms with Crippen LogP contribution in [0.5, 0.6) is 11.5 Å². The molecule has 6 heteroatoms. The van der Waals surface area contributed by atoms with Crippen molar-refractivity contribution in [3.63, 3.8) is 0 Å². The Morgan fingerprint density at radius 1 is 1.08 bits per heavy atom. The molecule has 134 valence electrons. The van der Waals surface area contributed by atoms with Gasteiger partial charge in [-0.1, -0.05) is 6.07 Å². The van der Waals surface area contributed by atoms with Gasteiger partial charge >= 0.3 is 0 Å². The zero-order chi connectivity index (χ0) is 18.2. The zero-order valence-corrected chi connectivity index (χ0v) is 15.2. The van der Waals surface area contributed by atoms with Crippen molar-refractivity contribution in [1.82, 2.24) is 9.88 Å². The lowest BCUT2D eigenvalue weighted by Crippen LogP contribution is -2.31. The third kappa shape index (κ3) is 4.62. The first-order chi connectivity index (χ1) is 12.1. The molecule has 0 aliphatic carbocycles. The van der Waals surface area contributed by atoms with E-state index in [1.807, 2.05) is 38.1 Å². The number of carbonyl (C=O) groups excluding carboxylic acids is 1. The van der Waals surface area contributed by atoms with Gasteiger partial charge in [-0.3, -0.25) is 9.78 Å². The van der Waals surface area contributed by atoms with Gasteiger partial charge in [0.15, 0.2) is 11.5 Å². The van der Waals surface area contributed by atoms with Gasteiger partial charge in [-0.05, 0) is 43.7 Å². The van der Waals surface area contributed by atoms with Crippen LogP contribution < -0.4 is 14.8 Å². The summed E-state index contributed by atoms with van der Waals surface area (Å²) in [6.45, 7) is 5.85. The summed E-state index contributed by atoms with van der Waals surface area (Å²) in [5.74, 6) is 1.33. The minimum atomic E-state index is -0.0558. The first-order valence-electron chi connectivity index (χ1n) is 8.33. The molecule has 1 aromatic heterocycles. The number of ether oxygens (including phenoxy) is 2. The summed E-state index contributed by atoms with van der Waals surface area (Å²) in [5.41, 5.74) is 2.34. The first-order valence-corrected chi connectivity index (χ1v) is 8.33. The van der Waals surface area contributed by atoms with Crippen molar-refractivity contribution in [1.29, 1.82) is 0 Å². The van der Waals surface area contributed by atoms with Gasteiger partial charge in [0.05, 0.1) is 14.2 Å². The van der Waals surface area contributed by atoms with Crippen molar-refractivity contribution in [3.05, 3.63) is 47.8 Å². The maximum Gasteiger partial charge on any atom is 0.272 e. The summed E-state index contributed by atoms with van der Waals surface area (Å²) in [6.07, 6.45) is 1.65. The maximum absolute atomic E-state index is 12.4. The average molecular weight is 343 g/mol. The molecule has 1 N–H and O–H groups in total. The lowest BCUT2D eigenvalue weighted by molar-refractivity contribution is 0.0767. The second kappa shape index (κ2) is 8.92. The van der Waals surface area contributed by atoms with Crippen LogP contribution in [0, 0.1) is 0 Å². The van der Waals surface area contributed by atoms with E-state index in [4.69, 9.17) is 9.47 Å². The molecule has 0 aliphatic heterocycles. The Kier molecular flexibility index (Phi) is 6.62. The number of benzene rings is 1. The molecule has 0 fully saturated rings. The van der Waals surface area contributed by atoms with E-state index in [2.05, 4.69) is 10.3 Å². The van der Waals surface area contributed by atoms with Crippen LogP contribution in [0.4, 0.5) is 5.69 Å². The molecule has 0 bridgehead atoms. The highest BCUT2D eigenvalue weighted by Gasteiger charge is 2.14. The summed E-state index contributed by atoms with van der Waals surface area (Å²) >= 11 is 0. The molecule has 0 radical (unpaired) electrons. The molecule has 1 aromatic carbocycles. The van der Waals surface area contributed by atoms with Crippen LogP contribution in [0.1, 0.15) is 29.9 Å². The highest BCUT2D eigenvalue weighted by molar-refractivity contribution is 5.93. The topological polar surface area (TPSA) is 63.7 Å². The average Bonchev–Trinajstić information content (AvgIpc) is 2.67. The lowest BCUT2D eigenvalue weighted by Gasteiger charge is -2.18. The van der Waals surface area contributed by atoms with E-state index in [1.54, 1.807) is 31.4 Å². The molecule has 0 spiro atoms. The Labute approximate surface area is 148 Å². The quantitative estimate of drug-likeness (QED) is 0.797. The molecular weight excluding hydrogens is 318 g/mol. The maximum atomic E-state index is 12.4. The van der Waals surface area contributed by atoms with Gasteiger partial charge in [0, 0.05) is 31.5 Å². The highest BCUT2D eigenvalue weighted by atomic mass is 16.5. The van der Waals surface area contributed by atoms with Crippen LogP contribution in [-0.2, 0) is 6.54 Å². The van der Waals surface area contributed by atoms with Gasteiger partial charge in [-0.25, -0.2) is 0 Å². The Bertz CT molecular complexity index is 715. The monoisotopic (exact) mass is 343 g/mol. The van der Waals surface area contributed by atoms with Crippen molar-refractivity contribution in [2.24, 2.45) is 0 Å². The summed E-state index contributed by atoms with van der Waals surface area (Å²) in [4.78, 5) is 18.3. The molecule has 2 aromatic rings. The standard InChI is InChI=1S/C19H25N3O3/c1-5-22(6-2)19(23)16-12-15(9-10-20-16)21-13-14-7-8-17(24-3)18(11-14)25-4/h7-12H,5-6,13H2,1-4H3,(H,20,21). The van der Waals surface area contributed by atoms with Crippen LogP contribution in [0.15, 0.2) is 36.5 Å². The summed E-state index contributed by atoms with van der Waals surface area (Å²) in [5, 5.41) is 3.31. The smallest absolute Gasteiger partial charge is 0.272 e. The number of carbonyl (C=O) groups is 1. The minimum Gasteiger partial charge on any atom is -0.493 e. The molecule has 1 heterocycles. The molecule has 6 nitrogen and oxygen atoms in total. The number of aromatic nitrogens is 1. The van der Waals surface area contributed by atoms with Crippen molar-refractivity contribution in [2.45, 2.75) is 20.4 Å². The van der Waals surface area contributed by atoms with E-state index in [1.165, 1.54) is 0 Å². The fourth-order valence-electron chi connectivity index (χ4n) is 2.52. The van der Waals surface area contributed by atoms with Crippen LogP contribution >= 0.6 is 0 Å². The molecule has 0 aliphatic rings.